The summed E-state index contributed by atoms with van der Waals surface area (Å²) in [6.07, 6.45) is 2.55. The number of para-hydroxylation sites is 1. The Balaban J connectivity index is 1.29. The van der Waals surface area contributed by atoms with E-state index in [1.165, 1.54) is 4.88 Å². The number of carbonyl (C=O) groups excluding carboxylic acids is 2. The number of aryl methyl sites for hydroxylation is 2. The highest BCUT2D eigenvalue weighted by molar-refractivity contribution is 7.09. The Morgan fingerprint density at radius 3 is 2.50 bits per heavy atom. The second-order valence-electron chi connectivity index (χ2n) is 8.59. The molecule has 1 fully saturated rings. The Labute approximate surface area is 194 Å². The zero-order valence-corrected chi connectivity index (χ0v) is 19.7. The standard InChI is InChI=1S/C26H31N3O2S/c1-19-17-24(20(2)29(19)15-12-23-9-6-16-32-23)25(30)18-28-13-10-21(11-14-28)26(31)27-22-7-4-3-5-8-22/h3-9,16-17,21H,10-15,18H2,1-2H3,(H,27,31). The van der Waals surface area contributed by atoms with Crippen molar-refractivity contribution in [1.82, 2.24) is 9.47 Å². The molecule has 0 saturated carbocycles. The van der Waals surface area contributed by atoms with Gasteiger partial charge in [-0.3, -0.25) is 14.5 Å². The number of likely N-dealkylation sites (tertiary alicyclic amines) is 1. The first-order chi connectivity index (χ1) is 15.5. The van der Waals surface area contributed by atoms with Crippen molar-refractivity contribution in [2.45, 2.75) is 39.7 Å². The summed E-state index contributed by atoms with van der Waals surface area (Å²) in [6, 6.07) is 15.9. The van der Waals surface area contributed by atoms with Crippen LogP contribution in [0.1, 0.15) is 39.5 Å². The van der Waals surface area contributed by atoms with Crippen LogP contribution >= 0.6 is 11.3 Å². The Morgan fingerprint density at radius 1 is 1.06 bits per heavy atom. The van der Waals surface area contributed by atoms with Crippen LogP contribution in [-0.4, -0.2) is 40.8 Å². The number of piperidine rings is 1. The lowest BCUT2D eigenvalue weighted by Gasteiger charge is -2.30. The lowest BCUT2D eigenvalue weighted by atomic mass is 9.95. The van der Waals surface area contributed by atoms with Crippen LogP contribution in [-0.2, 0) is 17.8 Å². The van der Waals surface area contributed by atoms with Gasteiger partial charge in [-0.2, -0.15) is 0 Å². The number of thiophene rings is 1. The zero-order valence-electron chi connectivity index (χ0n) is 18.8. The second kappa shape index (κ2) is 10.3. The van der Waals surface area contributed by atoms with E-state index in [9.17, 15) is 9.59 Å². The number of carbonyl (C=O) groups is 2. The van der Waals surface area contributed by atoms with Gasteiger partial charge in [0.25, 0.3) is 0 Å². The van der Waals surface area contributed by atoms with Crippen molar-refractivity contribution in [2.75, 3.05) is 25.0 Å². The maximum Gasteiger partial charge on any atom is 0.227 e. The van der Waals surface area contributed by atoms with Crippen molar-refractivity contribution in [3.05, 3.63) is 75.7 Å². The molecule has 1 saturated heterocycles. The van der Waals surface area contributed by atoms with Gasteiger partial charge in [0.05, 0.1) is 6.54 Å². The van der Waals surface area contributed by atoms with E-state index in [2.05, 4.69) is 46.1 Å². The monoisotopic (exact) mass is 449 g/mol. The highest BCUT2D eigenvalue weighted by atomic mass is 32.1. The van der Waals surface area contributed by atoms with Gasteiger partial charge in [0.1, 0.15) is 0 Å². The van der Waals surface area contributed by atoms with Gasteiger partial charge in [0, 0.05) is 40.0 Å². The van der Waals surface area contributed by atoms with Crippen LogP contribution in [0.3, 0.4) is 0 Å². The molecule has 32 heavy (non-hydrogen) atoms. The van der Waals surface area contributed by atoms with E-state index in [1.54, 1.807) is 11.3 Å². The maximum absolute atomic E-state index is 13.1. The molecule has 1 aliphatic rings. The smallest absolute Gasteiger partial charge is 0.227 e. The van der Waals surface area contributed by atoms with E-state index >= 15 is 0 Å². The van der Waals surface area contributed by atoms with Crippen molar-refractivity contribution in [3.63, 3.8) is 0 Å². The van der Waals surface area contributed by atoms with Gasteiger partial charge in [-0.15, -0.1) is 11.3 Å². The third-order valence-corrected chi connectivity index (χ3v) is 7.34. The molecule has 0 radical (unpaired) electrons. The molecular weight excluding hydrogens is 418 g/mol. The van der Waals surface area contributed by atoms with Crippen molar-refractivity contribution in [1.29, 1.82) is 0 Å². The van der Waals surface area contributed by atoms with Crippen molar-refractivity contribution < 1.29 is 9.59 Å². The number of benzene rings is 1. The van der Waals surface area contributed by atoms with Crippen LogP contribution in [0.4, 0.5) is 5.69 Å². The van der Waals surface area contributed by atoms with E-state index in [0.29, 0.717) is 6.54 Å². The van der Waals surface area contributed by atoms with E-state index < -0.39 is 0 Å². The number of aromatic nitrogens is 1. The summed E-state index contributed by atoms with van der Waals surface area (Å²) in [5.74, 6) is 0.257. The fourth-order valence-corrected chi connectivity index (χ4v) is 5.21. The van der Waals surface area contributed by atoms with Gasteiger partial charge in [-0.1, -0.05) is 24.3 Å². The largest absolute Gasteiger partial charge is 0.348 e. The van der Waals surface area contributed by atoms with Crippen LogP contribution < -0.4 is 5.32 Å². The first kappa shape index (κ1) is 22.5. The molecule has 6 heteroatoms. The SMILES string of the molecule is Cc1cc(C(=O)CN2CCC(C(=O)Nc3ccccc3)CC2)c(C)n1CCc1cccs1. The normalized spacial score (nSPS) is 15.1. The minimum Gasteiger partial charge on any atom is -0.348 e. The lowest BCUT2D eigenvalue weighted by molar-refractivity contribution is -0.121. The molecule has 1 N–H and O–H groups in total. The number of anilines is 1. The summed E-state index contributed by atoms with van der Waals surface area (Å²) in [7, 11) is 0. The summed E-state index contributed by atoms with van der Waals surface area (Å²) < 4.78 is 2.26. The summed E-state index contributed by atoms with van der Waals surface area (Å²) in [5, 5.41) is 5.11. The summed E-state index contributed by atoms with van der Waals surface area (Å²) in [6.45, 7) is 6.99. The molecule has 1 aromatic carbocycles. The summed E-state index contributed by atoms with van der Waals surface area (Å²) >= 11 is 1.78. The molecule has 0 atom stereocenters. The average Bonchev–Trinajstić information content (AvgIpc) is 3.41. The van der Waals surface area contributed by atoms with Gasteiger partial charge in [0.15, 0.2) is 5.78 Å². The van der Waals surface area contributed by atoms with Crippen molar-refractivity contribution in [2.24, 2.45) is 5.92 Å². The Hall–Kier alpha value is -2.70. The predicted molar refractivity (Wildman–Crippen MR) is 130 cm³/mol. The molecule has 0 unspecified atom stereocenters. The third kappa shape index (κ3) is 5.37. The fraction of sp³-hybridized carbons (Fsp3) is 0.385. The molecule has 1 amide bonds. The molecule has 5 nitrogen and oxygen atoms in total. The molecule has 168 valence electrons. The predicted octanol–water partition coefficient (Wildman–Crippen LogP) is 4.94. The number of Topliss-reactive ketones (excluding diaryl/α,β-unsaturated/α-hetero) is 1. The summed E-state index contributed by atoms with van der Waals surface area (Å²) in [5.41, 5.74) is 3.86. The Bertz CT molecular complexity index is 1050. The van der Waals surface area contributed by atoms with Crippen LogP contribution in [0.15, 0.2) is 53.9 Å². The van der Waals surface area contributed by atoms with Gasteiger partial charge in [-0.05, 0) is 75.8 Å². The maximum atomic E-state index is 13.1. The highest BCUT2D eigenvalue weighted by Crippen LogP contribution is 2.22. The van der Waals surface area contributed by atoms with Crippen molar-refractivity contribution in [3.8, 4) is 0 Å². The van der Waals surface area contributed by atoms with Crippen LogP contribution in [0, 0.1) is 19.8 Å². The number of nitrogens with zero attached hydrogens (tertiary/aromatic N) is 2. The molecule has 0 aliphatic carbocycles. The Morgan fingerprint density at radius 2 is 1.81 bits per heavy atom. The number of hydrogen-bond acceptors (Lipinski definition) is 4. The number of amides is 1. The lowest BCUT2D eigenvalue weighted by Crippen LogP contribution is -2.40. The average molecular weight is 450 g/mol. The quantitative estimate of drug-likeness (QED) is 0.496. The number of nitrogens with one attached hydrogen (secondary N) is 1. The van der Waals surface area contributed by atoms with Gasteiger partial charge in [0.2, 0.25) is 5.91 Å². The molecule has 2 aromatic heterocycles. The second-order valence-corrected chi connectivity index (χ2v) is 9.63. The molecule has 4 rings (SSSR count). The summed E-state index contributed by atoms with van der Waals surface area (Å²) in [4.78, 5) is 29.2. The van der Waals surface area contributed by atoms with Crippen LogP contribution in [0.2, 0.25) is 0 Å². The van der Waals surface area contributed by atoms with E-state index in [-0.39, 0.29) is 17.6 Å². The van der Waals surface area contributed by atoms with Crippen LogP contribution in [0.5, 0.6) is 0 Å². The van der Waals surface area contributed by atoms with Gasteiger partial charge >= 0.3 is 0 Å². The van der Waals surface area contributed by atoms with E-state index in [1.807, 2.05) is 36.4 Å². The minimum atomic E-state index is 0.00359. The molecule has 3 aromatic rings. The van der Waals surface area contributed by atoms with Crippen molar-refractivity contribution >= 4 is 28.7 Å². The molecular formula is C26H31N3O2S. The molecule has 3 heterocycles. The molecule has 1 aliphatic heterocycles. The van der Waals surface area contributed by atoms with Gasteiger partial charge in [-0.25, -0.2) is 0 Å². The van der Waals surface area contributed by atoms with Crippen LogP contribution in [0.25, 0.3) is 0 Å². The van der Waals surface area contributed by atoms with E-state index in [0.717, 1.165) is 61.5 Å². The molecule has 0 spiro atoms. The van der Waals surface area contributed by atoms with Gasteiger partial charge < -0.3 is 9.88 Å². The fourth-order valence-electron chi connectivity index (χ4n) is 4.51. The third-order valence-electron chi connectivity index (χ3n) is 6.40. The first-order valence-corrected chi connectivity index (χ1v) is 12.2. The Kier molecular flexibility index (Phi) is 7.22. The number of rotatable bonds is 8. The minimum absolute atomic E-state index is 0.00359. The topological polar surface area (TPSA) is 54.3 Å². The number of ketones is 1. The number of hydrogen-bond donors (Lipinski definition) is 1. The first-order valence-electron chi connectivity index (χ1n) is 11.3. The van der Waals surface area contributed by atoms with E-state index in [4.69, 9.17) is 0 Å². The molecule has 0 bridgehead atoms. The highest BCUT2D eigenvalue weighted by Gasteiger charge is 2.27. The zero-order chi connectivity index (χ0) is 22.5.